The van der Waals surface area contributed by atoms with Gasteiger partial charge in [-0.25, -0.2) is 8.42 Å². The van der Waals surface area contributed by atoms with E-state index in [9.17, 15) is 18.3 Å². The number of H-pyrrole nitrogens is 1. The monoisotopic (exact) mass is 273 g/mol. The Morgan fingerprint density at radius 1 is 1.67 bits per heavy atom. The molecule has 0 amide bonds. The number of aromatic amines is 1. The lowest BCUT2D eigenvalue weighted by atomic mass is 9.85. The molecule has 18 heavy (non-hydrogen) atoms. The van der Waals surface area contributed by atoms with Crippen molar-refractivity contribution in [2.45, 2.75) is 24.8 Å². The van der Waals surface area contributed by atoms with Gasteiger partial charge in [0.1, 0.15) is 0 Å². The van der Waals surface area contributed by atoms with Crippen molar-refractivity contribution in [3.05, 3.63) is 12.3 Å². The van der Waals surface area contributed by atoms with Crippen LogP contribution >= 0.6 is 0 Å². The van der Waals surface area contributed by atoms with Gasteiger partial charge in [-0.3, -0.25) is 9.89 Å². The number of aromatic nitrogens is 2. The summed E-state index contributed by atoms with van der Waals surface area (Å²) in [5, 5.41) is 15.2. The van der Waals surface area contributed by atoms with Crippen LogP contribution in [0.1, 0.15) is 19.8 Å². The van der Waals surface area contributed by atoms with Crippen LogP contribution in [0, 0.1) is 5.41 Å². The summed E-state index contributed by atoms with van der Waals surface area (Å²) in [6.07, 6.45) is 2.11. The Balaban J connectivity index is 2.27. The first-order chi connectivity index (χ1) is 8.42. The minimum atomic E-state index is -3.66. The second kappa shape index (κ2) is 4.36. The lowest BCUT2D eigenvalue weighted by molar-refractivity contribution is -0.148. The van der Waals surface area contributed by atoms with E-state index < -0.39 is 21.4 Å². The zero-order valence-corrected chi connectivity index (χ0v) is 10.8. The molecule has 8 heteroatoms. The number of nitrogens with one attached hydrogen (secondary N) is 1. The number of rotatable bonds is 4. The van der Waals surface area contributed by atoms with E-state index in [1.807, 2.05) is 0 Å². The predicted octanol–water partition coefficient (Wildman–Crippen LogP) is 0.285. The van der Waals surface area contributed by atoms with Crippen LogP contribution in [0.5, 0.6) is 0 Å². The Morgan fingerprint density at radius 3 is 2.83 bits per heavy atom. The maximum atomic E-state index is 12.2. The van der Waals surface area contributed by atoms with Gasteiger partial charge in [0.25, 0.3) is 10.0 Å². The number of hydrogen-bond donors (Lipinski definition) is 2. The predicted molar refractivity (Wildman–Crippen MR) is 62.3 cm³/mol. The van der Waals surface area contributed by atoms with E-state index >= 15 is 0 Å². The Labute approximate surface area is 105 Å². The summed E-state index contributed by atoms with van der Waals surface area (Å²) in [6.45, 7) is 2.00. The molecule has 1 aromatic heterocycles. The molecule has 0 bridgehead atoms. The first kappa shape index (κ1) is 13.0. The fraction of sp³-hybridized carbons (Fsp3) is 0.600. The van der Waals surface area contributed by atoms with Gasteiger partial charge in [0, 0.05) is 13.1 Å². The fourth-order valence-corrected chi connectivity index (χ4v) is 3.61. The lowest BCUT2D eigenvalue weighted by Gasteiger charge is -2.22. The normalized spacial score (nSPS) is 25.4. The van der Waals surface area contributed by atoms with Crippen molar-refractivity contribution in [1.29, 1.82) is 0 Å². The minimum absolute atomic E-state index is 0.000193. The lowest BCUT2D eigenvalue weighted by Crippen LogP contribution is -2.36. The molecule has 2 N–H and O–H groups in total. The highest BCUT2D eigenvalue weighted by Crippen LogP contribution is 2.36. The number of sulfonamides is 1. The van der Waals surface area contributed by atoms with Crippen molar-refractivity contribution in [3.8, 4) is 0 Å². The molecule has 0 saturated carbocycles. The number of carboxylic acids is 1. The van der Waals surface area contributed by atoms with Gasteiger partial charge in [-0.1, -0.05) is 6.92 Å². The van der Waals surface area contributed by atoms with E-state index in [-0.39, 0.29) is 18.1 Å². The van der Waals surface area contributed by atoms with Crippen molar-refractivity contribution >= 4 is 16.0 Å². The van der Waals surface area contributed by atoms with E-state index in [0.29, 0.717) is 12.8 Å². The van der Waals surface area contributed by atoms with E-state index in [0.717, 1.165) is 0 Å². The van der Waals surface area contributed by atoms with E-state index in [2.05, 4.69) is 10.2 Å². The smallest absolute Gasteiger partial charge is 0.311 e. The molecule has 1 unspecified atom stereocenters. The summed E-state index contributed by atoms with van der Waals surface area (Å²) in [5.74, 6) is -0.938. The second-order valence-electron chi connectivity index (χ2n) is 4.45. The molecule has 100 valence electrons. The van der Waals surface area contributed by atoms with Gasteiger partial charge in [-0.15, -0.1) is 0 Å². The molecule has 1 atom stereocenters. The van der Waals surface area contributed by atoms with Gasteiger partial charge < -0.3 is 5.11 Å². The van der Waals surface area contributed by atoms with Gasteiger partial charge in [0.15, 0.2) is 5.03 Å². The molecule has 0 spiro atoms. The molecule has 0 aliphatic carbocycles. The minimum Gasteiger partial charge on any atom is -0.481 e. The molecule has 1 saturated heterocycles. The fourth-order valence-electron chi connectivity index (χ4n) is 2.18. The number of carbonyl (C=O) groups is 1. The zero-order chi connectivity index (χ0) is 13.4. The highest BCUT2D eigenvalue weighted by atomic mass is 32.2. The number of carboxylic acid groups (broad SMARTS) is 1. The maximum Gasteiger partial charge on any atom is 0.311 e. The average molecular weight is 273 g/mol. The zero-order valence-electron chi connectivity index (χ0n) is 9.96. The van der Waals surface area contributed by atoms with Crippen molar-refractivity contribution < 1.29 is 18.3 Å². The quantitative estimate of drug-likeness (QED) is 0.820. The van der Waals surface area contributed by atoms with Crippen LogP contribution < -0.4 is 0 Å². The number of nitrogens with zero attached hydrogens (tertiary/aromatic N) is 2. The van der Waals surface area contributed by atoms with Crippen LogP contribution in [-0.4, -0.2) is 47.1 Å². The Bertz CT molecular complexity index is 539. The third-order valence-electron chi connectivity index (χ3n) is 3.54. The Hall–Kier alpha value is -1.41. The molecule has 2 heterocycles. The average Bonchev–Trinajstić information content (AvgIpc) is 2.99. The topological polar surface area (TPSA) is 103 Å². The number of aliphatic carboxylic acids is 1. The molecule has 0 radical (unpaired) electrons. The molecular formula is C10H15N3O4S. The van der Waals surface area contributed by atoms with Crippen LogP contribution in [0.3, 0.4) is 0 Å². The van der Waals surface area contributed by atoms with Crippen molar-refractivity contribution in [2.24, 2.45) is 5.41 Å². The highest BCUT2D eigenvalue weighted by Gasteiger charge is 2.47. The van der Waals surface area contributed by atoms with Gasteiger partial charge in [-0.05, 0) is 18.9 Å². The largest absolute Gasteiger partial charge is 0.481 e. The SMILES string of the molecule is CCC1(C(=O)O)CCN(S(=O)(=O)c2ccn[nH]2)C1. The van der Waals surface area contributed by atoms with Gasteiger partial charge in [-0.2, -0.15) is 9.40 Å². The molecule has 1 aliphatic heterocycles. The van der Waals surface area contributed by atoms with Crippen molar-refractivity contribution in [2.75, 3.05) is 13.1 Å². The molecule has 2 rings (SSSR count). The van der Waals surface area contributed by atoms with Crippen LogP contribution in [-0.2, 0) is 14.8 Å². The standard InChI is InChI=1S/C10H15N3O4S/c1-2-10(9(14)15)4-6-13(7-10)18(16,17)8-3-5-11-12-8/h3,5H,2,4,6-7H2,1H3,(H,11,12)(H,14,15). The summed E-state index contributed by atoms with van der Waals surface area (Å²) in [7, 11) is -3.66. The van der Waals surface area contributed by atoms with Crippen LogP contribution in [0.15, 0.2) is 17.3 Å². The van der Waals surface area contributed by atoms with Crippen LogP contribution in [0.2, 0.25) is 0 Å². The van der Waals surface area contributed by atoms with Crippen LogP contribution in [0.4, 0.5) is 0 Å². The van der Waals surface area contributed by atoms with Gasteiger partial charge in [0.05, 0.1) is 11.6 Å². The van der Waals surface area contributed by atoms with Gasteiger partial charge in [0.2, 0.25) is 0 Å². The number of hydrogen-bond acceptors (Lipinski definition) is 4. The summed E-state index contributed by atoms with van der Waals surface area (Å²) >= 11 is 0. The molecule has 0 aromatic carbocycles. The molecule has 1 aromatic rings. The molecule has 1 fully saturated rings. The van der Waals surface area contributed by atoms with Gasteiger partial charge >= 0.3 is 5.97 Å². The third kappa shape index (κ3) is 1.91. The molecule has 1 aliphatic rings. The maximum absolute atomic E-state index is 12.2. The summed E-state index contributed by atoms with van der Waals surface area (Å²) < 4.78 is 25.6. The molecular weight excluding hydrogens is 258 g/mol. The summed E-state index contributed by atoms with van der Waals surface area (Å²) in [5.41, 5.74) is -0.965. The van der Waals surface area contributed by atoms with Crippen LogP contribution in [0.25, 0.3) is 0 Å². The summed E-state index contributed by atoms with van der Waals surface area (Å²) in [4.78, 5) is 11.3. The van der Waals surface area contributed by atoms with E-state index in [1.54, 1.807) is 6.92 Å². The second-order valence-corrected chi connectivity index (χ2v) is 6.35. The van der Waals surface area contributed by atoms with Crippen molar-refractivity contribution in [3.63, 3.8) is 0 Å². The first-order valence-corrected chi connectivity index (χ1v) is 7.09. The van der Waals surface area contributed by atoms with E-state index in [1.165, 1.54) is 16.6 Å². The summed E-state index contributed by atoms with van der Waals surface area (Å²) in [6, 6.07) is 1.36. The van der Waals surface area contributed by atoms with E-state index in [4.69, 9.17) is 0 Å². The Morgan fingerprint density at radius 2 is 2.39 bits per heavy atom. The highest BCUT2D eigenvalue weighted by molar-refractivity contribution is 7.89. The van der Waals surface area contributed by atoms with Crippen molar-refractivity contribution in [1.82, 2.24) is 14.5 Å². The Kier molecular flexibility index (Phi) is 3.16. The third-order valence-corrected chi connectivity index (χ3v) is 5.32. The molecule has 7 nitrogen and oxygen atoms in total. The first-order valence-electron chi connectivity index (χ1n) is 5.65.